The highest BCUT2D eigenvalue weighted by atomic mass is 35.5. The SMILES string of the molecule is Cn1nccc1C(=O)Nc1cc(Cl)ccc1N. The van der Waals surface area contributed by atoms with Gasteiger partial charge in [-0.1, -0.05) is 11.6 Å². The Labute approximate surface area is 103 Å². The molecule has 0 atom stereocenters. The first-order valence-corrected chi connectivity index (χ1v) is 5.30. The fourth-order valence-electron chi connectivity index (χ4n) is 1.42. The van der Waals surface area contributed by atoms with Crippen LogP contribution in [0, 0.1) is 0 Å². The number of aryl methyl sites for hydroxylation is 1. The number of halogens is 1. The van der Waals surface area contributed by atoms with Crippen LogP contribution in [0.25, 0.3) is 0 Å². The molecule has 0 radical (unpaired) electrons. The summed E-state index contributed by atoms with van der Waals surface area (Å²) in [5.41, 5.74) is 7.13. The predicted molar refractivity (Wildman–Crippen MR) is 67.0 cm³/mol. The molecule has 0 aliphatic heterocycles. The molecule has 1 aromatic heterocycles. The van der Waals surface area contributed by atoms with Gasteiger partial charge in [-0.05, 0) is 24.3 Å². The summed E-state index contributed by atoms with van der Waals surface area (Å²) >= 11 is 5.83. The highest BCUT2D eigenvalue weighted by Gasteiger charge is 2.11. The van der Waals surface area contributed by atoms with Crippen molar-refractivity contribution in [3.63, 3.8) is 0 Å². The number of anilines is 2. The van der Waals surface area contributed by atoms with Crippen LogP contribution in [0.15, 0.2) is 30.5 Å². The van der Waals surface area contributed by atoms with Gasteiger partial charge < -0.3 is 11.1 Å². The molecule has 2 aromatic rings. The normalized spacial score (nSPS) is 10.2. The Bertz CT molecular complexity index is 564. The van der Waals surface area contributed by atoms with E-state index in [0.29, 0.717) is 22.1 Å². The number of nitrogens with one attached hydrogen (secondary N) is 1. The summed E-state index contributed by atoms with van der Waals surface area (Å²) in [6.07, 6.45) is 1.55. The maximum Gasteiger partial charge on any atom is 0.273 e. The zero-order valence-corrected chi connectivity index (χ0v) is 9.90. The van der Waals surface area contributed by atoms with Gasteiger partial charge in [-0.15, -0.1) is 0 Å². The summed E-state index contributed by atoms with van der Waals surface area (Å²) in [5.74, 6) is -0.279. The van der Waals surface area contributed by atoms with E-state index in [-0.39, 0.29) is 5.91 Å². The first-order valence-electron chi connectivity index (χ1n) is 4.92. The number of amides is 1. The molecule has 3 N–H and O–H groups in total. The van der Waals surface area contributed by atoms with Gasteiger partial charge in [0.05, 0.1) is 11.4 Å². The van der Waals surface area contributed by atoms with Crippen LogP contribution in [0.1, 0.15) is 10.5 Å². The lowest BCUT2D eigenvalue weighted by molar-refractivity contribution is 0.101. The van der Waals surface area contributed by atoms with Gasteiger partial charge in [0.25, 0.3) is 5.91 Å². The second-order valence-electron chi connectivity index (χ2n) is 3.53. The van der Waals surface area contributed by atoms with Crippen LogP contribution in [-0.4, -0.2) is 15.7 Å². The largest absolute Gasteiger partial charge is 0.397 e. The minimum absolute atomic E-state index is 0.279. The molecule has 0 fully saturated rings. The van der Waals surface area contributed by atoms with Crippen molar-refractivity contribution in [1.82, 2.24) is 9.78 Å². The summed E-state index contributed by atoms with van der Waals surface area (Å²) < 4.78 is 1.48. The van der Waals surface area contributed by atoms with E-state index in [1.165, 1.54) is 4.68 Å². The summed E-state index contributed by atoms with van der Waals surface area (Å²) in [6.45, 7) is 0. The molecule has 1 amide bonds. The van der Waals surface area contributed by atoms with Gasteiger partial charge in [0, 0.05) is 18.3 Å². The highest BCUT2D eigenvalue weighted by molar-refractivity contribution is 6.31. The lowest BCUT2D eigenvalue weighted by Gasteiger charge is -2.08. The first kappa shape index (κ1) is 11.5. The second-order valence-corrected chi connectivity index (χ2v) is 3.96. The molecular weight excluding hydrogens is 240 g/mol. The maximum absolute atomic E-state index is 11.9. The average molecular weight is 251 g/mol. The number of hydrogen-bond donors (Lipinski definition) is 2. The number of nitrogens with two attached hydrogens (primary N) is 1. The molecule has 1 aromatic carbocycles. The summed E-state index contributed by atoms with van der Waals surface area (Å²) in [7, 11) is 1.69. The van der Waals surface area contributed by atoms with E-state index in [9.17, 15) is 4.79 Å². The Balaban J connectivity index is 2.24. The van der Waals surface area contributed by atoms with Gasteiger partial charge in [-0.3, -0.25) is 9.48 Å². The van der Waals surface area contributed by atoms with Crippen molar-refractivity contribution in [1.29, 1.82) is 0 Å². The summed E-state index contributed by atoms with van der Waals surface area (Å²) in [4.78, 5) is 11.9. The molecule has 0 aliphatic rings. The summed E-state index contributed by atoms with van der Waals surface area (Å²) in [6, 6.07) is 6.53. The van der Waals surface area contributed by atoms with Crippen molar-refractivity contribution in [3.8, 4) is 0 Å². The Kier molecular flexibility index (Phi) is 3.01. The van der Waals surface area contributed by atoms with Crippen LogP contribution in [-0.2, 0) is 7.05 Å². The number of rotatable bonds is 2. The molecule has 0 aliphatic carbocycles. The Morgan fingerprint density at radius 1 is 1.47 bits per heavy atom. The molecule has 0 bridgehead atoms. The minimum Gasteiger partial charge on any atom is -0.397 e. The van der Waals surface area contributed by atoms with Crippen molar-refractivity contribution in [3.05, 3.63) is 41.2 Å². The van der Waals surface area contributed by atoms with Crippen molar-refractivity contribution in [2.45, 2.75) is 0 Å². The van der Waals surface area contributed by atoms with Gasteiger partial charge >= 0.3 is 0 Å². The van der Waals surface area contributed by atoms with Crippen LogP contribution in [0.2, 0.25) is 5.02 Å². The van der Waals surface area contributed by atoms with Crippen LogP contribution >= 0.6 is 11.6 Å². The topological polar surface area (TPSA) is 72.9 Å². The Morgan fingerprint density at radius 3 is 2.88 bits per heavy atom. The predicted octanol–water partition coefficient (Wildman–Crippen LogP) is 1.91. The molecule has 88 valence electrons. The van der Waals surface area contributed by atoms with Crippen molar-refractivity contribution < 1.29 is 4.79 Å². The van der Waals surface area contributed by atoms with Crippen molar-refractivity contribution in [2.75, 3.05) is 11.1 Å². The fourth-order valence-corrected chi connectivity index (χ4v) is 1.59. The van der Waals surface area contributed by atoms with Gasteiger partial charge in [-0.2, -0.15) is 5.10 Å². The van der Waals surface area contributed by atoms with Crippen LogP contribution < -0.4 is 11.1 Å². The Morgan fingerprint density at radius 2 is 2.24 bits per heavy atom. The Hall–Kier alpha value is -2.01. The van der Waals surface area contributed by atoms with Crippen LogP contribution in [0.4, 0.5) is 11.4 Å². The molecule has 1 heterocycles. The third kappa shape index (κ3) is 2.39. The summed E-state index contributed by atoms with van der Waals surface area (Å²) in [5, 5.41) is 7.12. The zero-order valence-electron chi connectivity index (χ0n) is 9.14. The lowest BCUT2D eigenvalue weighted by atomic mass is 10.2. The molecular formula is C11H11ClN4O. The lowest BCUT2D eigenvalue weighted by Crippen LogP contribution is -2.16. The van der Waals surface area contributed by atoms with E-state index >= 15 is 0 Å². The maximum atomic E-state index is 11.9. The molecule has 17 heavy (non-hydrogen) atoms. The fraction of sp³-hybridized carbons (Fsp3) is 0.0909. The van der Waals surface area contributed by atoms with Crippen molar-refractivity contribution >= 4 is 28.9 Å². The van der Waals surface area contributed by atoms with E-state index in [0.717, 1.165) is 0 Å². The molecule has 0 spiro atoms. The molecule has 6 heteroatoms. The number of carbonyl (C=O) groups excluding carboxylic acids is 1. The molecule has 0 saturated carbocycles. The number of nitrogens with zero attached hydrogens (tertiary/aromatic N) is 2. The van der Waals surface area contributed by atoms with Crippen LogP contribution in [0.3, 0.4) is 0 Å². The van der Waals surface area contributed by atoms with Gasteiger partial charge in [0.2, 0.25) is 0 Å². The first-order chi connectivity index (χ1) is 8.08. The van der Waals surface area contributed by atoms with E-state index in [4.69, 9.17) is 17.3 Å². The second kappa shape index (κ2) is 4.47. The molecule has 5 nitrogen and oxygen atoms in total. The number of hydrogen-bond acceptors (Lipinski definition) is 3. The molecule has 2 rings (SSSR count). The highest BCUT2D eigenvalue weighted by Crippen LogP contribution is 2.23. The smallest absolute Gasteiger partial charge is 0.273 e. The monoisotopic (exact) mass is 250 g/mol. The molecule has 0 saturated heterocycles. The zero-order chi connectivity index (χ0) is 12.4. The molecule has 0 unspecified atom stereocenters. The number of carbonyl (C=O) groups is 1. The average Bonchev–Trinajstić information content (AvgIpc) is 2.70. The van der Waals surface area contributed by atoms with Gasteiger partial charge in [0.1, 0.15) is 5.69 Å². The third-order valence-electron chi connectivity index (χ3n) is 2.32. The van der Waals surface area contributed by atoms with Crippen molar-refractivity contribution in [2.24, 2.45) is 7.05 Å². The number of aromatic nitrogens is 2. The standard InChI is InChI=1S/C11H11ClN4O/c1-16-10(4-5-14-16)11(17)15-9-6-7(12)2-3-8(9)13/h2-6H,13H2,1H3,(H,15,17). The van der Waals surface area contributed by atoms with E-state index in [2.05, 4.69) is 10.4 Å². The third-order valence-corrected chi connectivity index (χ3v) is 2.55. The van der Waals surface area contributed by atoms with E-state index in [1.54, 1.807) is 37.5 Å². The van der Waals surface area contributed by atoms with Gasteiger partial charge in [-0.25, -0.2) is 0 Å². The number of benzene rings is 1. The van der Waals surface area contributed by atoms with Gasteiger partial charge in [0.15, 0.2) is 0 Å². The quantitative estimate of drug-likeness (QED) is 0.800. The number of nitrogen functional groups attached to an aromatic ring is 1. The minimum atomic E-state index is -0.279. The van der Waals surface area contributed by atoms with E-state index < -0.39 is 0 Å². The van der Waals surface area contributed by atoms with Crippen LogP contribution in [0.5, 0.6) is 0 Å². The van der Waals surface area contributed by atoms with E-state index in [1.807, 2.05) is 0 Å².